The Morgan fingerprint density at radius 3 is 2.90 bits per heavy atom. The molecular weight excluding hydrogens is 454 g/mol. The van der Waals surface area contributed by atoms with Crippen molar-refractivity contribution in [1.82, 2.24) is 25.1 Å². The molecule has 0 atom stereocenters. The van der Waals surface area contributed by atoms with Crippen molar-refractivity contribution in [2.75, 3.05) is 6.54 Å². The van der Waals surface area contributed by atoms with E-state index in [9.17, 15) is 4.79 Å². The van der Waals surface area contributed by atoms with Crippen molar-refractivity contribution in [1.29, 1.82) is 0 Å². The van der Waals surface area contributed by atoms with E-state index in [4.69, 9.17) is 16.0 Å². The minimum atomic E-state index is -0.139. The van der Waals surface area contributed by atoms with Gasteiger partial charge in [-0.05, 0) is 30.7 Å². The monoisotopic (exact) mass is 473 g/mol. The molecule has 31 heavy (non-hydrogen) atoms. The van der Waals surface area contributed by atoms with Gasteiger partial charge in [-0.3, -0.25) is 9.36 Å². The topological polar surface area (TPSA) is 85.8 Å². The average molecular weight is 474 g/mol. The van der Waals surface area contributed by atoms with Gasteiger partial charge in [-0.25, -0.2) is 4.98 Å². The SMILES string of the molecule is CCCCNC(=O)c1csc(CSc2nnc(-c3ccco3)n2-c2ccccc2Cl)n1. The van der Waals surface area contributed by atoms with Gasteiger partial charge >= 0.3 is 0 Å². The maximum Gasteiger partial charge on any atom is 0.270 e. The van der Waals surface area contributed by atoms with Crippen molar-refractivity contribution >= 4 is 40.6 Å². The molecule has 160 valence electrons. The molecule has 0 fully saturated rings. The predicted molar refractivity (Wildman–Crippen MR) is 123 cm³/mol. The lowest BCUT2D eigenvalue weighted by molar-refractivity contribution is 0.0948. The minimum absolute atomic E-state index is 0.139. The summed E-state index contributed by atoms with van der Waals surface area (Å²) in [5.41, 5.74) is 1.21. The first kappa shape index (κ1) is 21.6. The van der Waals surface area contributed by atoms with E-state index in [-0.39, 0.29) is 5.91 Å². The highest BCUT2D eigenvalue weighted by Crippen LogP contribution is 2.33. The molecule has 10 heteroatoms. The molecule has 4 aromatic rings. The normalized spacial score (nSPS) is 11.0. The van der Waals surface area contributed by atoms with E-state index in [0.717, 1.165) is 23.5 Å². The van der Waals surface area contributed by atoms with Gasteiger partial charge in [0, 0.05) is 11.9 Å². The lowest BCUT2D eigenvalue weighted by Crippen LogP contribution is -2.24. The Morgan fingerprint density at radius 1 is 1.26 bits per heavy atom. The Labute approximate surface area is 192 Å². The molecule has 0 aliphatic rings. The number of para-hydroxylation sites is 1. The van der Waals surface area contributed by atoms with Gasteiger partial charge in [0.25, 0.3) is 5.91 Å². The number of rotatable bonds is 9. The zero-order chi connectivity index (χ0) is 21.6. The number of furan rings is 1. The first-order chi connectivity index (χ1) is 15.2. The second kappa shape index (κ2) is 10.1. The number of benzene rings is 1. The molecule has 0 radical (unpaired) electrons. The maximum atomic E-state index is 12.2. The van der Waals surface area contributed by atoms with Crippen LogP contribution in [0.4, 0.5) is 0 Å². The molecule has 1 aromatic carbocycles. The molecule has 0 aliphatic carbocycles. The van der Waals surface area contributed by atoms with Crippen molar-refractivity contribution in [2.24, 2.45) is 0 Å². The van der Waals surface area contributed by atoms with Gasteiger partial charge in [0.15, 0.2) is 10.9 Å². The number of thioether (sulfide) groups is 1. The number of carbonyl (C=O) groups is 1. The van der Waals surface area contributed by atoms with Crippen LogP contribution in [0.15, 0.2) is 57.6 Å². The van der Waals surface area contributed by atoms with Crippen LogP contribution >= 0.6 is 34.7 Å². The highest BCUT2D eigenvalue weighted by Gasteiger charge is 2.20. The first-order valence-electron chi connectivity index (χ1n) is 9.77. The molecule has 0 bridgehead atoms. The predicted octanol–water partition coefficient (Wildman–Crippen LogP) is 5.46. The second-order valence-corrected chi connectivity index (χ2v) is 8.89. The third-order valence-electron chi connectivity index (χ3n) is 4.39. The van der Waals surface area contributed by atoms with E-state index in [1.165, 1.54) is 23.1 Å². The molecule has 0 saturated heterocycles. The van der Waals surface area contributed by atoms with Gasteiger partial charge < -0.3 is 9.73 Å². The maximum absolute atomic E-state index is 12.2. The summed E-state index contributed by atoms with van der Waals surface area (Å²) in [4.78, 5) is 16.7. The molecule has 3 aromatic heterocycles. The summed E-state index contributed by atoms with van der Waals surface area (Å²) in [6.07, 6.45) is 3.58. The lowest BCUT2D eigenvalue weighted by Gasteiger charge is -2.10. The summed E-state index contributed by atoms with van der Waals surface area (Å²) in [5.74, 6) is 1.57. The number of unbranched alkanes of at least 4 members (excludes halogenated alkanes) is 1. The van der Waals surface area contributed by atoms with Crippen LogP contribution in [0.2, 0.25) is 5.02 Å². The van der Waals surface area contributed by atoms with E-state index >= 15 is 0 Å². The van der Waals surface area contributed by atoms with E-state index in [1.54, 1.807) is 17.7 Å². The number of amides is 1. The van der Waals surface area contributed by atoms with Crippen LogP contribution < -0.4 is 5.32 Å². The Hall–Kier alpha value is -2.62. The third kappa shape index (κ3) is 5.00. The zero-order valence-electron chi connectivity index (χ0n) is 16.7. The fourth-order valence-electron chi connectivity index (χ4n) is 2.86. The van der Waals surface area contributed by atoms with Crippen molar-refractivity contribution in [3.63, 3.8) is 0 Å². The van der Waals surface area contributed by atoms with Crippen LogP contribution in [0.25, 0.3) is 17.3 Å². The molecule has 7 nitrogen and oxygen atoms in total. The van der Waals surface area contributed by atoms with Gasteiger partial charge in [-0.1, -0.05) is 48.8 Å². The van der Waals surface area contributed by atoms with Crippen LogP contribution in [0.5, 0.6) is 0 Å². The van der Waals surface area contributed by atoms with Gasteiger partial charge in [-0.15, -0.1) is 21.5 Å². The summed E-state index contributed by atoms with van der Waals surface area (Å²) in [5, 5.41) is 15.4. The molecule has 4 rings (SSSR count). The quantitative estimate of drug-likeness (QED) is 0.256. The van der Waals surface area contributed by atoms with Crippen LogP contribution in [0.1, 0.15) is 35.3 Å². The zero-order valence-corrected chi connectivity index (χ0v) is 19.1. The highest BCUT2D eigenvalue weighted by atomic mass is 35.5. The fraction of sp³-hybridized carbons (Fsp3) is 0.238. The van der Waals surface area contributed by atoms with Crippen molar-refractivity contribution < 1.29 is 9.21 Å². The van der Waals surface area contributed by atoms with E-state index in [1.807, 2.05) is 34.9 Å². The Kier molecular flexibility index (Phi) is 7.06. The summed E-state index contributed by atoms with van der Waals surface area (Å²) >= 11 is 9.38. The largest absolute Gasteiger partial charge is 0.461 e. The summed E-state index contributed by atoms with van der Waals surface area (Å²) in [6, 6.07) is 11.1. The highest BCUT2D eigenvalue weighted by molar-refractivity contribution is 7.98. The number of thiazole rings is 1. The van der Waals surface area contributed by atoms with Crippen LogP contribution in [0.3, 0.4) is 0 Å². The van der Waals surface area contributed by atoms with E-state index in [0.29, 0.717) is 39.8 Å². The number of hydrogen-bond acceptors (Lipinski definition) is 7. The van der Waals surface area contributed by atoms with Crippen LogP contribution in [0, 0.1) is 0 Å². The smallest absolute Gasteiger partial charge is 0.270 e. The van der Waals surface area contributed by atoms with Crippen LogP contribution in [-0.2, 0) is 5.75 Å². The number of halogens is 1. The Balaban J connectivity index is 1.55. The number of nitrogens with zero attached hydrogens (tertiary/aromatic N) is 4. The molecule has 1 amide bonds. The van der Waals surface area contributed by atoms with Gasteiger partial charge in [0.2, 0.25) is 5.82 Å². The van der Waals surface area contributed by atoms with E-state index < -0.39 is 0 Å². The van der Waals surface area contributed by atoms with Gasteiger partial charge in [0.05, 0.1) is 22.7 Å². The standard InChI is InChI=1S/C21H20ClN5O2S2/c1-2-3-10-23-20(28)15-12-30-18(24-15)13-31-21-26-25-19(17-9-6-11-29-17)27(21)16-8-5-4-7-14(16)22/h4-9,11-12H,2-3,10,13H2,1H3,(H,23,28). The minimum Gasteiger partial charge on any atom is -0.461 e. The van der Waals surface area contributed by atoms with Crippen molar-refractivity contribution in [2.45, 2.75) is 30.7 Å². The number of carbonyl (C=O) groups excluding carboxylic acids is 1. The third-order valence-corrected chi connectivity index (χ3v) is 6.68. The van der Waals surface area contributed by atoms with Crippen LogP contribution in [-0.4, -0.2) is 32.2 Å². The molecular formula is C21H20ClN5O2S2. The number of aromatic nitrogens is 4. The average Bonchev–Trinajstić information content (AvgIpc) is 3.53. The number of hydrogen-bond donors (Lipinski definition) is 1. The summed E-state index contributed by atoms with van der Waals surface area (Å²) < 4.78 is 7.41. The lowest BCUT2D eigenvalue weighted by atomic mass is 10.3. The van der Waals surface area contributed by atoms with Crippen molar-refractivity contribution in [3.8, 4) is 17.3 Å². The second-order valence-electron chi connectivity index (χ2n) is 6.59. The molecule has 1 N–H and O–H groups in total. The summed E-state index contributed by atoms with van der Waals surface area (Å²) in [7, 11) is 0. The Bertz CT molecular complexity index is 1160. The molecule has 0 aliphatic heterocycles. The van der Waals surface area contributed by atoms with Gasteiger partial charge in [-0.2, -0.15) is 0 Å². The van der Waals surface area contributed by atoms with E-state index in [2.05, 4.69) is 27.4 Å². The number of nitrogens with one attached hydrogen (secondary N) is 1. The molecule has 0 unspecified atom stereocenters. The van der Waals surface area contributed by atoms with Crippen molar-refractivity contribution in [3.05, 3.63) is 63.8 Å². The van der Waals surface area contributed by atoms with Gasteiger partial charge in [0.1, 0.15) is 10.7 Å². The molecule has 0 saturated carbocycles. The molecule has 3 heterocycles. The molecule has 0 spiro atoms. The first-order valence-corrected chi connectivity index (χ1v) is 12.0. The fourth-order valence-corrected chi connectivity index (χ4v) is 4.81. The summed E-state index contributed by atoms with van der Waals surface area (Å²) in [6.45, 7) is 2.75. The Morgan fingerprint density at radius 2 is 2.13 bits per heavy atom.